The number of fused-ring (bicyclic) bond motifs is 2. The Morgan fingerprint density at radius 2 is 1.27 bits per heavy atom. The summed E-state index contributed by atoms with van der Waals surface area (Å²) in [4.78, 5) is 24.7. The third-order valence-electron chi connectivity index (χ3n) is 5.13. The minimum absolute atomic E-state index is 0.368. The zero-order chi connectivity index (χ0) is 23.4. The van der Waals surface area contributed by atoms with E-state index in [9.17, 15) is 9.59 Å². The number of hydrogen-bond donors (Lipinski definition) is 2. The second-order valence-corrected chi connectivity index (χ2v) is 8.22. The van der Waals surface area contributed by atoms with Crippen molar-refractivity contribution in [3.05, 3.63) is 71.2 Å². The average Bonchev–Trinajstić information content (AvgIpc) is 2.79. The van der Waals surface area contributed by atoms with Gasteiger partial charge in [-0.2, -0.15) is 0 Å². The molecule has 0 aliphatic carbocycles. The van der Waals surface area contributed by atoms with Crippen LogP contribution < -0.4 is 20.1 Å². The van der Waals surface area contributed by atoms with E-state index < -0.39 is 12.2 Å². The van der Waals surface area contributed by atoms with Crippen molar-refractivity contribution >= 4 is 49.7 Å². The highest BCUT2D eigenvalue weighted by Crippen LogP contribution is 2.45. The highest BCUT2D eigenvalue weighted by atomic mass is 79.9. The Hall–Kier alpha value is -3.58. The van der Waals surface area contributed by atoms with E-state index in [1.165, 1.54) is 0 Å². The van der Waals surface area contributed by atoms with Crippen molar-refractivity contribution in [3.63, 3.8) is 0 Å². The van der Waals surface area contributed by atoms with Gasteiger partial charge in [-0.05, 0) is 59.7 Å². The van der Waals surface area contributed by atoms with E-state index in [2.05, 4.69) is 26.6 Å². The first-order valence-corrected chi connectivity index (χ1v) is 11.5. The summed E-state index contributed by atoms with van der Waals surface area (Å²) in [6.45, 7) is 4.52. The average molecular weight is 507 g/mol. The molecule has 0 aliphatic heterocycles. The summed E-state index contributed by atoms with van der Waals surface area (Å²) in [6, 6.07) is 21.0. The molecule has 0 saturated carbocycles. The normalized spacial score (nSPS) is 10.8. The predicted molar refractivity (Wildman–Crippen MR) is 134 cm³/mol. The van der Waals surface area contributed by atoms with Gasteiger partial charge in [-0.3, -0.25) is 0 Å². The molecule has 0 heterocycles. The zero-order valence-electron chi connectivity index (χ0n) is 18.3. The molecule has 4 aromatic carbocycles. The second kappa shape index (κ2) is 9.92. The van der Waals surface area contributed by atoms with Crippen LogP contribution in [0.2, 0.25) is 0 Å². The minimum Gasteiger partial charge on any atom is -0.410 e. The van der Waals surface area contributed by atoms with Crippen LogP contribution >= 0.6 is 15.9 Å². The maximum Gasteiger partial charge on any atom is 0.412 e. The Morgan fingerprint density at radius 1 is 0.727 bits per heavy atom. The maximum absolute atomic E-state index is 12.4. The molecule has 0 unspecified atom stereocenters. The van der Waals surface area contributed by atoms with Gasteiger partial charge in [0.15, 0.2) is 0 Å². The quantitative estimate of drug-likeness (QED) is 0.318. The summed E-state index contributed by atoms with van der Waals surface area (Å²) in [6.07, 6.45) is -1.11. The molecule has 0 atom stereocenters. The molecule has 0 aliphatic rings. The van der Waals surface area contributed by atoms with Gasteiger partial charge in [-0.1, -0.05) is 58.4 Å². The number of ether oxygens (including phenoxy) is 2. The molecule has 2 N–H and O–H groups in total. The lowest BCUT2D eigenvalue weighted by molar-refractivity contribution is 0.199. The van der Waals surface area contributed by atoms with Crippen LogP contribution in [0.3, 0.4) is 0 Å². The van der Waals surface area contributed by atoms with Gasteiger partial charge in [0.25, 0.3) is 0 Å². The van der Waals surface area contributed by atoms with Gasteiger partial charge in [0.2, 0.25) is 0 Å². The Kier molecular flexibility index (Phi) is 6.79. The van der Waals surface area contributed by atoms with Gasteiger partial charge in [0.1, 0.15) is 11.5 Å². The molecule has 0 fully saturated rings. The molecule has 0 spiro atoms. The first-order valence-electron chi connectivity index (χ1n) is 10.7. The van der Waals surface area contributed by atoms with Crippen molar-refractivity contribution in [1.82, 2.24) is 10.6 Å². The van der Waals surface area contributed by atoms with E-state index in [4.69, 9.17) is 9.47 Å². The van der Waals surface area contributed by atoms with E-state index in [1.807, 2.05) is 68.4 Å². The van der Waals surface area contributed by atoms with Crippen LogP contribution in [0.4, 0.5) is 9.59 Å². The molecule has 0 aromatic heterocycles. The Balaban J connectivity index is 2.04. The molecule has 33 heavy (non-hydrogen) atoms. The minimum atomic E-state index is -0.554. The number of halogens is 1. The zero-order valence-corrected chi connectivity index (χ0v) is 19.9. The first kappa shape index (κ1) is 22.6. The number of benzene rings is 4. The molecule has 168 valence electrons. The number of nitrogens with one attached hydrogen (secondary N) is 2. The summed E-state index contributed by atoms with van der Waals surface area (Å²) in [5.41, 5.74) is 1.34. The van der Waals surface area contributed by atoms with Gasteiger partial charge >= 0.3 is 12.2 Å². The maximum atomic E-state index is 12.4. The fourth-order valence-corrected chi connectivity index (χ4v) is 4.16. The topological polar surface area (TPSA) is 76.7 Å². The lowest BCUT2D eigenvalue weighted by atomic mass is 9.92. The van der Waals surface area contributed by atoms with E-state index in [-0.39, 0.29) is 0 Å². The molecule has 4 aromatic rings. The van der Waals surface area contributed by atoms with E-state index in [1.54, 1.807) is 12.1 Å². The van der Waals surface area contributed by atoms with Crippen LogP contribution in [0.1, 0.15) is 13.8 Å². The Labute approximate surface area is 200 Å². The fourth-order valence-electron chi connectivity index (χ4n) is 3.78. The number of hydrogen-bond acceptors (Lipinski definition) is 4. The van der Waals surface area contributed by atoms with Crippen LogP contribution in [-0.4, -0.2) is 25.3 Å². The summed E-state index contributed by atoms with van der Waals surface area (Å²) in [7, 11) is 0. The predicted octanol–water partition coefficient (Wildman–Crippen LogP) is 6.64. The van der Waals surface area contributed by atoms with Gasteiger partial charge in [0, 0.05) is 28.7 Å². The smallest absolute Gasteiger partial charge is 0.410 e. The third-order valence-corrected chi connectivity index (χ3v) is 5.63. The highest BCUT2D eigenvalue weighted by molar-refractivity contribution is 9.10. The van der Waals surface area contributed by atoms with Gasteiger partial charge < -0.3 is 20.1 Å². The Morgan fingerprint density at radius 3 is 1.88 bits per heavy atom. The van der Waals surface area contributed by atoms with Gasteiger partial charge in [-0.15, -0.1) is 0 Å². The summed E-state index contributed by atoms with van der Waals surface area (Å²) < 4.78 is 12.4. The molecular formula is C26H23BrN2O4. The van der Waals surface area contributed by atoms with Crippen LogP contribution in [-0.2, 0) is 0 Å². The highest BCUT2D eigenvalue weighted by Gasteiger charge is 2.22. The van der Waals surface area contributed by atoms with E-state index in [0.717, 1.165) is 26.0 Å². The monoisotopic (exact) mass is 506 g/mol. The van der Waals surface area contributed by atoms with Crippen molar-refractivity contribution in [2.45, 2.75) is 13.8 Å². The molecule has 7 heteroatoms. The molecule has 0 radical (unpaired) electrons. The standard InChI is InChI=1S/C26H23BrN2O4/c1-3-28-25(30)32-21-13-9-16-7-5-6-8-19(16)23(21)24-20-12-11-18(27)15-17(20)10-14-22(24)33-26(31)29-4-2/h5-15H,3-4H2,1-2H3,(H,28,30)(H,29,31). The van der Waals surface area contributed by atoms with Crippen molar-refractivity contribution in [3.8, 4) is 22.6 Å². The first-order chi connectivity index (χ1) is 16.0. The van der Waals surface area contributed by atoms with Crippen molar-refractivity contribution in [2.75, 3.05) is 13.1 Å². The van der Waals surface area contributed by atoms with Crippen molar-refractivity contribution < 1.29 is 19.1 Å². The summed E-state index contributed by atoms with van der Waals surface area (Å²) in [5.74, 6) is 0.740. The number of amides is 2. The molecular weight excluding hydrogens is 484 g/mol. The summed E-state index contributed by atoms with van der Waals surface area (Å²) in [5, 5.41) is 8.97. The number of rotatable bonds is 5. The fraction of sp³-hybridized carbons (Fsp3) is 0.154. The SMILES string of the molecule is CCNC(=O)Oc1ccc2ccccc2c1-c1c(OC(=O)NCC)ccc2cc(Br)ccc12. The van der Waals surface area contributed by atoms with Crippen LogP contribution in [0, 0.1) is 0 Å². The number of carbonyl (C=O) groups is 2. The van der Waals surface area contributed by atoms with E-state index >= 15 is 0 Å². The number of carbonyl (C=O) groups excluding carboxylic acids is 2. The molecule has 2 amide bonds. The van der Waals surface area contributed by atoms with E-state index in [0.29, 0.717) is 35.7 Å². The molecule has 4 rings (SSSR count). The molecule has 0 bridgehead atoms. The van der Waals surface area contributed by atoms with Crippen molar-refractivity contribution in [1.29, 1.82) is 0 Å². The third kappa shape index (κ3) is 4.78. The van der Waals surface area contributed by atoms with Crippen LogP contribution in [0.25, 0.3) is 32.7 Å². The Bertz CT molecular complexity index is 1350. The molecule has 0 saturated heterocycles. The second-order valence-electron chi connectivity index (χ2n) is 7.30. The molecule has 6 nitrogen and oxygen atoms in total. The van der Waals surface area contributed by atoms with Crippen LogP contribution in [0.5, 0.6) is 11.5 Å². The van der Waals surface area contributed by atoms with Crippen molar-refractivity contribution in [2.24, 2.45) is 0 Å². The van der Waals surface area contributed by atoms with Crippen LogP contribution in [0.15, 0.2) is 71.2 Å². The summed E-state index contributed by atoms with van der Waals surface area (Å²) >= 11 is 3.52. The van der Waals surface area contributed by atoms with Gasteiger partial charge in [-0.25, -0.2) is 9.59 Å². The lowest BCUT2D eigenvalue weighted by Gasteiger charge is -2.19. The lowest BCUT2D eigenvalue weighted by Crippen LogP contribution is -2.27. The largest absolute Gasteiger partial charge is 0.412 e. The van der Waals surface area contributed by atoms with Gasteiger partial charge in [0.05, 0.1) is 0 Å².